The fraction of sp³-hybridized carbons (Fsp3) is 0.240. The maximum Gasteiger partial charge on any atom is 0.237 e. The molecule has 1 aliphatic heterocycles. The highest BCUT2D eigenvalue weighted by Gasteiger charge is 2.26. The standard InChI is InChI=1S/C25H23FN6O/c1-13-17(11-29-24-23(13)28-8-9-33-24)16-10-20-18(22(27)21(16)26)12-30-25(32-20)31-19-5-3-2-4-15(19)14-6-7-14/h2-5,10-12,14,28H,6-9,27H2,1H3,(H,30,31,32). The van der Waals surface area contributed by atoms with Gasteiger partial charge in [0.05, 0.1) is 11.2 Å². The number of hydrogen-bond donors (Lipinski definition) is 3. The number of nitrogens with zero attached hydrogens (tertiary/aromatic N) is 3. The van der Waals surface area contributed by atoms with E-state index >= 15 is 4.39 Å². The minimum absolute atomic E-state index is 0.0220. The molecule has 4 aromatic rings. The van der Waals surface area contributed by atoms with E-state index in [1.807, 2.05) is 25.1 Å². The number of pyridine rings is 1. The maximum atomic E-state index is 15.3. The van der Waals surface area contributed by atoms with Crippen LogP contribution in [0.4, 0.5) is 27.4 Å². The Bertz CT molecular complexity index is 1400. The average Bonchev–Trinajstić information content (AvgIpc) is 3.68. The van der Waals surface area contributed by atoms with Crippen LogP contribution in [0.1, 0.15) is 29.9 Å². The number of halogens is 1. The number of hydrogen-bond acceptors (Lipinski definition) is 7. The molecule has 0 radical (unpaired) electrons. The molecule has 1 saturated carbocycles. The summed E-state index contributed by atoms with van der Waals surface area (Å²) < 4.78 is 21.0. The van der Waals surface area contributed by atoms with Gasteiger partial charge < -0.3 is 21.1 Å². The van der Waals surface area contributed by atoms with Gasteiger partial charge in [-0.2, -0.15) is 0 Å². The molecule has 2 aromatic heterocycles. The zero-order valence-electron chi connectivity index (χ0n) is 18.2. The quantitative estimate of drug-likeness (QED) is 0.376. The van der Waals surface area contributed by atoms with Crippen molar-refractivity contribution in [2.75, 3.05) is 29.5 Å². The summed E-state index contributed by atoms with van der Waals surface area (Å²) in [5.41, 5.74) is 11.7. The molecule has 1 aliphatic carbocycles. The molecule has 0 amide bonds. The molecule has 4 N–H and O–H groups in total. The number of anilines is 4. The van der Waals surface area contributed by atoms with Gasteiger partial charge in [-0.15, -0.1) is 0 Å². The van der Waals surface area contributed by atoms with E-state index in [1.165, 1.54) is 18.4 Å². The van der Waals surface area contributed by atoms with E-state index in [4.69, 9.17) is 10.5 Å². The second-order valence-electron chi connectivity index (χ2n) is 8.52. The van der Waals surface area contributed by atoms with Crippen molar-refractivity contribution in [3.8, 4) is 17.0 Å². The molecule has 2 aromatic carbocycles. The second kappa shape index (κ2) is 7.58. The lowest BCUT2D eigenvalue weighted by molar-refractivity contribution is 0.310. The topological polar surface area (TPSA) is 98.0 Å². The predicted molar refractivity (Wildman–Crippen MR) is 128 cm³/mol. The molecule has 6 rings (SSSR count). The number of fused-ring (bicyclic) bond motifs is 2. The number of aromatic nitrogens is 3. The summed E-state index contributed by atoms with van der Waals surface area (Å²) in [5, 5.41) is 7.10. The zero-order valence-corrected chi connectivity index (χ0v) is 18.2. The molecule has 7 nitrogen and oxygen atoms in total. The number of rotatable bonds is 4. The van der Waals surface area contributed by atoms with Gasteiger partial charge >= 0.3 is 0 Å². The van der Waals surface area contributed by atoms with Crippen LogP contribution < -0.4 is 21.1 Å². The molecule has 0 atom stereocenters. The summed E-state index contributed by atoms with van der Waals surface area (Å²) in [6.45, 7) is 3.14. The van der Waals surface area contributed by atoms with Gasteiger partial charge in [-0.1, -0.05) is 18.2 Å². The van der Waals surface area contributed by atoms with E-state index < -0.39 is 5.82 Å². The Morgan fingerprint density at radius 2 is 2.00 bits per heavy atom. The van der Waals surface area contributed by atoms with Crippen LogP contribution in [0.25, 0.3) is 22.0 Å². The van der Waals surface area contributed by atoms with E-state index in [1.54, 1.807) is 18.5 Å². The van der Waals surface area contributed by atoms with E-state index in [-0.39, 0.29) is 5.69 Å². The largest absolute Gasteiger partial charge is 0.474 e. The van der Waals surface area contributed by atoms with Crippen molar-refractivity contribution >= 4 is 33.9 Å². The van der Waals surface area contributed by atoms with Crippen LogP contribution in [0.5, 0.6) is 5.88 Å². The Morgan fingerprint density at radius 1 is 1.15 bits per heavy atom. The second-order valence-corrected chi connectivity index (χ2v) is 8.52. The highest BCUT2D eigenvalue weighted by atomic mass is 19.1. The number of nitrogen functional groups attached to an aromatic ring is 1. The van der Waals surface area contributed by atoms with E-state index in [0.29, 0.717) is 52.9 Å². The van der Waals surface area contributed by atoms with Crippen molar-refractivity contribution in [3.05, 3.63) is 59.7 Å². The van der Waals surface area contributed by atoms with Crippen LogP contribution in [-0.4, -0.2) is 28.1 Å². The fourth-order valence-corrected chi connectivity index (χ4v) is 4.41. The highest BCUT2D eigenvalue weighted by Crippen LogP contribution is 2.44. The lowest BCUT2D eigenvalue weighted by Crippen LogP contribution is -2.20. The highest BCUT2D eigenvalue weighted by molar-refractivity contribution is 5.96. The summed E-state index contributed by atoms with van der Waals surface area (Å²) in [6, 6.07) is 9.91. The minimum atomic E-state index is -0.507. The zero-order chi connectivity index (χ0) is 22.5. The van der Waals surface area contributed by atoms with Crippen LogP contribution in [0, 0.1) is 12.7 Å². The molecule has 3 heterocycles. The van der Waals surface area contributed by atoms with Crippen molar-refractivity contribution < 1.29 is 9.13 Å². The number of nitrogens with two attached hydrogens (primary N) is 1. The van der Waals surface area contributed by atoms with Gasteiger partial charge in [0.1, 0.15) is 12.3 Å². The number of nitrogens with one attached hydrogen (secondary N) is 2. The molecule has 166 valence electrons. The third kappa shape index (κ3) is 3.38. The van der Waals surface area contributed by atoms with Crippen molar-refractivity contribution in [2.24, 2.45) is 0 Å². The molecular formula is C25H23FN6O. The summed E-state index contributed by atoms with van der Waals surface area (Å²) in [4.78, 5) is 13.4. The molecule has 8 heteroatoms. The Morgan fingerprint density at radius 3 is 2.85 bits per heavy atom. The summed E-state index contributed by atoms with van der Waals surface area (Å²) in [6.07, 6.45) is 5.59. The van der Waals surface area contributed by atoms with Crippen LogP contribution >= 0.6 is 0 Å². The molecule has 0 spiro atoms. The Balaban J connectivity index is 1.44. The molecule has 0 saturated heterocycles. The fourth-order valence-electron chi connectivity index (χ4n) is 4.41. The SMILES string of the molecule is Cc1c(-c2cc3nc(Nc4ccccc4C4CC4)ncc3c(N)c2F)cnc2c1NCCO2. The van der Waals surface area contributed by atoms with Crippen LogP contribution in [0.15, 0.2) is 42.7 Å². The number of benzene rings is 2. The van der Waals surface area contributed by atoms with Gasteiger partial charge in [0.15, 0.2) is 5.82 Å². The third-order valence-corrected chi connectivity index (χ3v) is 6.32. The summed E-state index contributed by atoms with van der Waals surface area (Å²) in [5.74, 6) is 1.05. The molecule has 0 unspecified atom stereocenters. The maximum absolute atomic E-state index is 15.3. The third-order valence-electron chi connectivity index (χ3n) is 6.32. The summed E-state index contributed by atoms with van der Waals surface area (Å²) in [7, 11) is 0. The smallest absolute Gasteiger partial charge is 0.237 e. The first-order chi connectivity index (χ1) is 16.1. The monoisotopic (exact) mass is 442 g/mol. The number of para-hydroxylation sites is 1. The summed E-state index contributed by atoms with van der Waals surface area (Å²) >= 11 is 0. The minimum Gasteiger partial charge on any atom is -0.474 e. The molecule has 0 bridgehead atoms. The molecular weight excluding hydrogens is 419 g/mol. The van der Waals surface area contributed by atoms with Crippen molar-refractivity contribution in [2.45, 2.75) is 25.7 Å². The van der Waals surface area contributed by atoms with Gasteiger partial charge in [0, 0.05) is 41.1 Å². The molecule has 2 aliphatic rings. The lowest BCUT2D eigenvalue weighted by atomic mass is 9.98. The normalized spacial score (nSPS) is 15.0. The molecule has 1 fully saturated rings. The Labute approximate surface area is 190 Å². The first kappa shape index (κ1) is 19.7. The first-order valence-electron chi connectivity index (χ1n) is 11.1. The van der Waals surface area contributed by atoms with E-state index in [2.05, 4.69) is 31.7 Å². The Hall–Kier alpha value is -3.94. The van der Waals surface area contributed by atoms with Crippen molar-refractivity contribution in [1.29, 1.82) is 0 Å². The average molecular weight is 442 g/mol. The van der Waals surface area contributed by atoms with E-state index in [9.17, 15) is 0 Å². The van der Waals surface area contributed by atoms with Crippen molar-refractivity contribution in [3.63, 3.8) is 0 Å². The van der Waals surface area contributed by atoms with Crippen LogP contribution in [-0.2, 0) is 0 Å². The number of ether oxygens (including phenoxy) is 1. The van der Waals surface area contributed by atoms with Gasteiger partial charge in [-0.05, 0) is 48.9 Å². The van der Waals surface area contributed by atoms with E-state index in [0.717, 1.165) is 16.9 Å². The molecule has 33 heavy (non-hydrogen) atoms. The van der Waals surface area contributed by atoms with Crippen LogP contribution in [0.2, 0.25) is 0 Å². The Kier molecular flexibility index (Phi) is 4.53. The van der Waals surface area contributed by atoms with Gasteiger partial charge in [0.25, 0.3) is 0 Å². The van der Waals surface area contributed by atoms with Gasteiger partial charge in [0.2, 0.25) is 11.8 Å². The van der Waals surface area contributed by atoms with Crippen LogP contribution in [0.3, 0.4) is 0 Å². The van der Waals surface area contributed by atoms with Gasteiger partial charge in [-0.3, -0.25) is 0 Å². The first-order valence-corrected chi connectivity index (χ1v) is 11.1. The lowest BCUT2D eigenvalue weighted by Gasteiger charge is -2.22. The van der Waals surface area contributed by atoms with Gasteiger partial charge in [-0.25, -0.2) is 19.3 Å². The van der Waals surface area contributed by atoms with Crippen molar-refractivity contribution in [1.82, 2.24) is 15.0 Å². The predicted octanol–water partition coefficient (Wildman–Crippen LogP) is 5.15.